The molecule has 0 fully saturated rings. The number of alkyl halides is 4. The first-order valence-electron chi connectivity index (χ1n) is 4.71. The molecule has 0 aliphatic heterocycles. The third kappa shape index (κ3) is 5.85. The zero-order valence-electron chi connectivity index (χ0n) is 8.94. The van der Waals surface area contributed by atoms with E-state index in [1.54, 1.807) is 6.92 Å². The summed E-state index contributed by atoms with van der Waals surface area (Å²) in [5.41, 5.74) is 0.647. The monoisotopic (exact) mass is 242 g/mol. The van der Waals surface area contributed by atoms with E-state index in [0.29, 0.717) is 12.0 Å². The highest BCUT2D eigenvalue weighted by molar-refractivity contribution is 5.81. The fraction of sp³-hybridized carbons (Fsp3) is 0.700. The Labute approximate surface area is 91.3 Å². The zero-order valence-corrected chi connectivity index (χ0v) is 8.94. The molecule has 2 nitrogen and oxygen atoms in total. The molecule has 0 aliphatic carbocycles. The van der Waals surface area contributed by atoms with Gasteiger partial charge < -0.3 is 4.74 Å². The lowest BCUT2D eigenvalue weighted by atomic mass is 10.1. The minimum Gasteiger partial charge on any atom is -0.367 e. The predicted molar refractivity (Wildman–Crippen MR) is 50.8 cm³/mol. The van der Waals surface area contributed by atoms with Gasteiger partial charge in [-0.1, -0.05) is 19.1 Å². The first-order valence-corrected chi connectivity index (χ1v) is 4.71. The molecule has 0 aromatic heterocycles. The Morgan fingerprint density at radius 2 is 2.00 bits per heavy atom. The van der Waals surface area contributed by atoms with E-state index in [1.165, 1.54) is 0 Å². The van der Waals surface area contributed by atoms with Gasteiger partial charge in [0.05, 0.1) is 0 Å². The highest BCUT2D eigenvalue weighted by Gasteiger charge is 2.41. The van der Waals surface area contributed by atoms with E-state index in [1.807, 2.05) is 0 Å². The lowest BCUT2D eigenvalue weighted by molar-refractivity contribution is -0.168. The molecule has 0 saturated heterocycles. The Morgan fingerprint density at radius 1 is 1.44 bits per heavy atom. The molecule has 0 radical (unpaired) electrons. The van der Waals surface area contributed by atoms with E-state index in [9.17, 15) is 22.4 Å². The lowest BCUT2D eigenvalue weighted by Gasteiger charge is -2.14. The standard InChI is InChI=1S/C10H14F4O2/c1-3-7(2)4-8(15)5-16-6-10(13,14)9(11)12/h9H,2-6H2,1H3. The van der Waals surface area contributed by atoms with Gasteiger partial charge in [0, 0.05) is 6.42 Å². The second kappa shape index (κ2) is 6.62. The number of ether oxygens (including phenoxy) is 1. The summed E-state index contributed by atoms with van der Waals surface area (Å²) in [4.78, 5) is 11.0. The second-order valence-electron chi connectivity index (χ2n) is 3.37. The van der Waals surface area contributed by atoms with Crippen LogP contribution in [0.3, 0.4) is 0 Å². The number of ketones is 1. The van der Waals surface area contributed by atoms with Crippen LogP contribution in [0.1, 0.15) is 19.8 Å². The van der Waals surface area contributed by atoms with Gasteiger partial charge >= 0.3 is 12.3 Å². The van der Waals surface area contributed by atoms with Crippen molar-refractivity contribution >= 4 is 5.78 Å². The average molecular weight is 242 g/mol. The van der Waals surface area contributed by atoms with Crippen molar-refractivity contribution in [3.8, 4) is 0 Å². The van der Waals surface area contributed by atoms with Crippen molar-refractivity contribution in [3.63, 3.8) is 0 Å². The molecule has 0 aromatic rings. The minimum atomic E-state index is -4.21. The van der Waals surface area contributed by atoms with Crippen LogP contribution in [0, 0.1) is 0 Å². The molecular weight excluding hydrogens is 228 g/mol. The first kappa shape index (κ1) is 15.1. The predicted octanol–water partition coefficient (Wildman–Crippen LogP) is 2.83. The number of halogens is 4. The number of hydrogen-bond acceptors (Lipinski definition) is 2. The summed E-state index contributed by atoms with van der Waals surface area (Å²) in [6.45, 7) is 3.30. The summed E-state index contributed by atoms with van der Waals surface area (Å²) in [6, 6.07) is 0. The number of carbonyl (C=O) groups excluding carboxylic acids is 1. The highest BCUT2D eigenvalue weighted by atomic mass is 19.3. The molecule has 0 N–H and O–H groups in total. The molecule has 6 heteroatoms. The van der Waals surface area contributed by atoms with Crippen LogP contribution < -0.4 is 0 Å². The van der Waals surface area contributed by atoms with Gasteiger partial charge in [0.25, 0.3) is 0 Å². The second-order valence-corrected chi connectivity index (χ2v) is 3.37. The minimum absolute atomic E-state index is 0.0246. The smallest absolute Gasteiger partial charge is 0.330 e. The van der Waals surface area contributed by atoms with Crippen LogP contribution >= 0.6 is 0 Å². The van der Waals surface area contributed by atoms with E-state index in [4.69, 9.17) is 0 Å². The molecule has 0 saturated carbocycles. The van der Waals surface area contributed by atoms with Crippen LogP contribution in [0.2, 0.25) is 0 Å². The Bertz CT molecular complexity index is 251. The summed E-state index contributed by atoms with van der Waals surface area (Å²) in [6.07, 6.45) is -3.16. The molecule has 0 aliphatic rings. The zero-order chi connectivity index (χ0) is 12.8. The maximum absolute atomic E-state index is 12.3. The number of Topliss-reactive ketones (excluding diaryl/α,β-unsaturated/α-hetero) is 1. The van der Waals surface area contributed by atoms with Crippen molar-refractivity contribution in [1.82, 2.24) is 0 Å². The fourth-order valence-corrected chi connectivity index (χ4v) is 0.819. The Hall–Kier alpha value is -0.910. The fourth-order valence-electron chi connectivity index (χ4n) is 0.819. The van der Waals surface area contributed by atoms with Gasteiger partial charge in [-0.3, -0.25) is 4.79 Å². The summed E-state index contributed by atoms with van der Waals surface area (Å²) in [5, 5.41) is 0. The van der Waals surface area contributed by atoms with Gasteiger partial charge in [0.15, 0.2) is 5.78 Å². The Morgan fingerprint density at radius 3 is 2.44 bits per heavy atom. The molecule has 0 spiro atoms. The van der Waals surface area contributed by atoms with E-state index in [0.717, 1.165) is 0 Å². The molecule has 0 aromatic carbocycles. The third-order valence-electron chi connectivity index (χ3n) is 1.82. The summed E-state index contributed by atoms with van der Waals surface area (Å²) in [5.74, 6) is -4.65. The van der Waals surface area contributed by atoms with Crippen LogP contribution in [0.15, 0.2) is 12.2 Å². The quantitative estimate of drug-likeness (QED) is 0.483. The van der Waals surface area contributed by atoms with Crippen LogP contribution in [-0.2, 0) is 9.53 Å². The average Bonchev–Trinajstić information content (AvgIpc) is 2.16. The van der Waals surface area contributed by atoms with E-state index >= 15 is 0 Å². The maximum Gasteiger partial charge on any atom is 0.330 e. The molecule has 16 heavy (non-hydrogen) atoms. The molecule has 0 amide bonds. The molecular formula is C10H14F4O2. The van der Waals surface area contributed by atoms with Gasteiger partial charge in [0.1, 0.15) is 13.2 Å². The molecule has 0 heterocycles. The van der Waals surface area contributed by atoms with Crippen molar-refractivity contribution < 1.29 is 27.1 Å². The van der Waals surface area contributed by atoms with E-state index in [2.05, 4.69) is 11.3 Å². The summed E-state index contributed by atoms with van der Waals surface area (Å²) in [7, 11) is 0. The summed E-state index contributed by atoms with van der Waals surface area (Å²) >= 11 is 0. The van der Waals surface area contributed by atoms with Gasteiger partial charge in [-0.15, -0.1) is 0 Å². The highest BCUT2D eigenvalue weighted by Crippen LogP contribution is 2.22. The Balaban J connectivity index is 3.82. The Kier molecular flexibility index (Phi) is 6.25. The van der Waals surface area contributed by atoms with Crippen molar-refractivity contribution in [2.75, 3.05) is 13.2 Å². The number of carbonyl (C=O) groups is 1. The van der Waals surface area contributed by atoms with Gasteiger partial charge in [-0.25, -0.2) is 8.78 Å². The number of rotatable bonds is 8. The molecule has 0 unspecified atom stereocenters. The van der Waals surface area contributed by atoms with Crippen molar-refractivity contribution in [2.24, 2.45) is 0 Å². The first-order chi connectivity index (χ1) is 7.29. The van der Waals surface area contributed by atoms with Crippen LogP contribution in [0.25, 0.3) is 0 Å². The van der Waals surface area contributed by atoms with Crippen LogP contribution in [-0.4, -0.2) is 31.3 Å². The summed E-state index contributed by atoms with van der Waals surface area (Å²) < 4.78 is 52.2. The van der Waals surface area contributed by atoms with Gasteiger partial charge in [0.2, 0.25) is 0 Å². The van der Waals surface area contributed by atoms with Crippen molar-refractivity contribution in [1.29, 1.82) is 0 Å². The maximum atomic E-state index is 12.3. The third-order valence-corrected chi connectivity index (χ3v) is 1.82. The SMILES string of the molecule is C=C(CC)CC(=O)COCC(F)(F)C(F)F. The molecule has 0 bridgehead atoms. The topological polar surface area (TPSA) is 26.3 Å². The largest absolute Gasteiger partial charge is 0.367 e. The van der Waals surface area contributed by atoms with Crippen LogP contribution in [0.5, 0.6) is 0 Å². The van der Waals surface area contributed by atoms with E-state index < -0.39 is 31.3 Å². The normalized spacial score (nSPS) is 11.9. The molecule has 0 atom stereocenters. The molecule has 0 rings (SSSR count). The van der Waals surface area contributed by atoms with Crippen LogP contribution in [0.4, 0.5) is 17.6 Å². The number of allylic oxidation sites excluding steroid dienone is 1. The number of hydrogen-bond donors (Lipinski definition) is 0. The van der Waals surface area contributed by atoms with Crippen molar-refractivity contribution in [2.45, 2.75) is 32.1 Å². The lowest BCUT2D eigenvalue weighted by Crippen LogP contribution is -2.33. The molecule has 94 valence electrons. The van der Waals surface area contributed by atoms with Gasteiger partial charge in [-0.2, -0.15) is 8.78 Å². The van der Waals surface area contributed by atoms with Gasteiger partial charge in [-0.05, 0) is 6.42 Å². The van der Waals surface area contributed by atoms with Crippen molar-refractivity contribution in [3.05, 3.63) is 12.2 Å². The van der Waals surface area contributed by atoms with E-state index in [-0.39, 0.29) is 6.42 Å².